The molecule has 1 fully saturated rings. The normalized spacial score (nSPS) is 17.9. The predicted octanol–water partition coefficient (Wildman–Crippen LogP) is 2.30. The molecule has 4 nitrogen and oxygen atoms in total. The van der Waals surface area contributed by atoms with E-state index < -0.39 is 0 Å². The van der Waals surface area contributed by atoms with Crippen LogP contribution in [0.25, 0.3) is 0 Å². The van der Waals surface area contributed by atoms with E-state index in [1.165, 1.54) is 0 Å². The second-order valence-corrected chi connectivity index (χ2v) is 5.70. The van der Waals surface area contributed by atoms with E-state index in [1.54, 1.807) is 12.1 Å². The first kappa shape index (κ1) is 15.1. The Bertz CT molecular complexity index is 457. The quantitative estimate of drug-likeness (QED) is 0.927. The molecule has 0 saturated carbocycles. The number of para-hydroxylation sites is 1. The Morgan fingerprint density at radius 1 is 1.45 bits per heavy atom. The Kier molecular flexibility index (Phi) is 5.26. The number of rotatable bonds is 4. The van der Waals surface area contributed by atoms with Gasteiger partial charge in [-0.3, -0.25) is 4.79 Å². The molecule has 0 spiro atoms. The average molecular weight is 297 g/mol. The van der Waals surface area contributed by atoms with Crippen LogP contribution in [-0.2, 0) is 4.79 Å². The summed E-state index contributed by atoms with van der Waals surface area (Å²) in [5, 5.41) is 0.524. The highest BCUT2D eigenvalue weighted by Gasteiger charge is 2.24. The molecule has 1 aliphatic rings. The molecule has 1 atom stereocenters. The smallest absolute Gasteiger partial charge is 0.260 e. The summed E-state index contributed by atoms with van der Waals surface area (Å²) < 4.78 is 5.48. The van der Waals surface area contributed by atoms with Crippen LogP contribution in [0, 0.1) is 5.92 Å². The molecule has 1 aromatic carbocycles. The number of carbonyl (C=O) groups excluding carboxylic acids is 1. The van der Waals surface area contributed by atoms with Crippen molar-refractivity contribution in [2.45, 2.75) is 25.8 Å². The number of nitrogens with zero attached hydrogens (tertiary/aromatic N) is 1. The molecular formula is C15H21ClN2O2. The maximum Gasteiger partial charge on any atom is 0.260 e. The molecule has 0 aromatic heterocycles. The third-order valence-electron chi connectivity index (χ3n) is 3.82. The zero-order valence-electron chi connectivity index (χ0n) is 11.7. The van der Waals surface area contributed by atoms with Gasteiger partial charge in [-0.05, 0) is 37.8 Å². The monoisotopic (exact) mass is 296 g/mol. The fourth-order valence-electron chi connectivity index (χ4n) is 2.47. The van der Waals surface area contributed by atoms with E-state index >= 15 is 0 Å². The molecule has 1 amide bonds. The summed E-state index contributed by atoms with van der Waals surface area (Å²) in [7, 11) is 0. The van der Waals surface area contributed by atoms with Gasteiger partial charge in [0.1, 0.15) is 5.75 Å². The lowest BCUT2D eigenvalue weighted by Crippen LogP contribution is -2.44. The lowest BCUT2D eigenvalue weighted by molar-refractivity contribution is -0.134. The summed E-state index contributed by atoms with van der Waals surface area (Å²) >= 11 is 5.98. The Hall–Kier alpha value is -1.26. The van der Waals surface area contributed by atoms with Gasteiger partial charge in [0.2, 0.25) is 0 Å². The molecule has 0 radical (unpaired) electrons. The standard InChI is InChI=1S/C15H21ClN2O2/c1-11(17)12-6-8-18(9-7-12)15(19)10-20-14-5-3-2-4-13(14)16/h2-5,11-12H,6-10,17H2,1H3. The fraction of sp³-hybridized carbons (Fsp3) is 0.533. The Labute approximate surface area is 124 Å². The van der Waals surface area contributed by atoms with Crippen LogP contribution in [0.3, 0.4) is 0 Å². The summed E-state index contributed by atoms with van der Waals surface area (Å²) in [4.78, 5) is 13.9. The molecule has 2 N–H and O–H groups in total. The molecule has 5 heteroatoms. The lowest BCUT2D eigenvalue weighted by atomic mass is 9.91. The number of amides is 1. The van der Waals surface area contributed by atoms with Crippen LogP contribution in [0.15, 0.2) is 24.3 Å². The highest BCUT2D eigenvalue weighted by atomic mass is 35.5. The van der Waals surface area contributed by atoms with Crippen LogP contribution in [0.5, 0.6) is 5.75 Å². The number of piperidine rings is 1. The first-order chi connectivity index (χ1) is 9.58. The van der Waals surface area contributed by atoms with Gasteiger partial charge in [-0.2, -0.15) is 0 Å². The van der Waals surface area contributed by atoms with E-state index in [4.69, 9.17) is 22.1 Å². The number of benzene rings is 1. The van der Waals surface area contributed by atoms with E-state index in [0.717, 1.165) is 25.9 Å². The lowest BCUT2D eigenvalue weighted by Gasteiger charge is -2.33. The Balaban J connectivity index is 1.80. The van der Waals surface area contributed by atoms with Gasteiger partial charge >= 0.3 is 0 Å². The van der Waals surface area contributed by atoms with Gasteiger partial charge in [-0.1, -0.05) is 23.7 Å². The van der Waals surface area contributed by atoms with Crippen molar-refractivity contribution >= 4 is 17.5 Å². The van der Waals surface area contributed by atoms with Crippen molar-refractivity contribution in [3.05, 3.63) is 29.3 Å². The summed E-state index contributed by atoms with van der Waals surface area (Å²) in [6.45, 7) is 3.59. The topological polar surface area (TPSA) is 55.6 Å². The summed E-state index contributed by atoms with van der Waals surface area (Å²) in [5.74, 6) is 1.07. The van der Waals surface area contributed by atoms with Gasteiger partial charge in [0.25, 0.3) is 5.91 Å². The van der Waals surface area contributed by atoms with E-state index in [2.05, 4.69) is 0 Å². The van der Waals surface area contributed by atoms with Crippen LogP contribution in [0.4, 0.5) is 0 Å². The van der Waals surface area contributed by atoms with Crippen LogP contribution in [0.1, 0.15) is 19.8 Å². The maximum absolute atomic E-state index is 12.1. The minimum atomic E-state index is 0.00745. The Morgan fingerprint density at radius 2 is 2.10 bits per heavy atom. The van der Waals surface area contributed by atoms with Crippen LogP contribution in [-0.4, -0.2) is 36.5 Å². The number of halogens is 1. The summed E-state index contributed by atoms with van der Waals surface area (Å²) in [5.41, 5.74) is 5.90. The van der Waals surface area contributed by atoms with Crippen molar-refractivity contribution in [2.75, 3.05) is 19.7 Å². The summed E-state index contributed by atoms with van der Waals surface area (Å²) in [6.07, 6.45) is 1.94. The van der Waals surface area contributed by atoms with Gasteiger partial charge in [0.15, 0.2) is 6.61 Å². The molecule has 0 bridgehead atoms. The van der Waals surface area contributed by atoms with Crippen LogP contribution < -0.4 is 10.5 Å². The molecule has 1 unspecified atom stereocenters. The van der Waals surface area contributed by atoms with Gasteiger partial charge < -0.3 is 15.4 Å². The number of hydrogen-bond donors (Lipinski definition) is 1. The molecule has 1 aliphatic heterocycles. The summed E-state index contributed by atoms with van der Waals surface area (Å²) in [6, 6.07) is 7.37. The SMILES string of the molecule is CC(N)C1CCN(C(=O)COc2ccccc2Cl)CC1. The number of likely N-dealkylation sites (tertiary alicyclic amines) is 1. The maximum atomic E-state index is 12.1. The molecule has 0 aliphatic carbocycles. The number of ether oxygens (including phenoxy) is 1. The third kappa shape index (κ3) is 3.87. The molecule has 2 rings (SSSR count). The predicted molar refractivity (Wildman–Crippen MR) is 79.9 cm³/mol. The fourth-order valence-corrected chi connectivity index (χ4v) is 2.66. The average Bonchev–Trinajstić information content (AvgIpc) is 2.46. The van der Waals surface area contributed by atoms with Crippen molar-refractivity contribution in [1.82, 2.24) is 4.90 Å². The minimum Gasteiger partial charge on any atom is -0.482 e. The molecule has 1 saturated heterocycles. The minimum absolute atomic E-state index is 0.00745. The van der Waals surface area contributed by atoms with E-state index in [9.17, 15) is 4.79 Å². The second kappa shape index (κ2) is 6.95. The molecule has 1 aromatic rings. The molecule has 110 valence electrons. The van der Waals surface area contributed by atoms with Crippen molar-refractivity contribution in [3.8, 4) is 5.75 Å². The first-order valence-electron chi connectivity index (χ1n) is 6.98. The molecule has 1 heterocycles. The van der Waals surface area contributed by atoms with E-state index in [1.807, 2.05) is 24.0 Å². The Morgan fingerprint density at radius 3 is 2.70 bits per heavy atom. The number of nitrogens with two attached hydrogens (primary N) is 1. The van der Waals surface area contributed by atoms with Crippen LogP contribution in [0.2, 0.25) is 5.02 Å². The highest BCUT2D eigenvalue weighted by molar-refractivity contribution is 6.32. The van der Waals surface area contributed by atoms with E-state index in [0.29, 0.717) is 16.7 Å². The second-order valence-electron chi connectivity index (χ2n) is 5.30. The van der Waals surface area contributed by atoms with E-state index in [-0.39, 0.29) is 18.6 Å². The largest absolute Gasteiger partial charge is 0.482 e. The van der Waals surface area contributed by atoms with Gasteiger partial charge in [0.05, 0.1) is 5.02 Å². The number of hydrogen-bond acceptors (Lipinski definition) is 3. The first-order valence-corrected chi connectivity index (χ1v) is 7.36. The van der Waals surface area contributed by atoms with Gasteiger partial charge in [0, 0.05) is 19.1 Å². The molecule has 20 heavy (non-hydrogen) atoms. The third-order valence-corrected chi connectivity index (χ3v) is 4.14. The van der Waals surface area contributed by atoms with Crippen molar-refractivity contribution in [2.24, 2.45) is 11.7 Å². The van der Waals surface area contributed by atoms with Crippen LogP contribution >= 0.6 is 11.6 Å². The highest BCUT2D eigenvalue weighted by Crippen LogP contribution is 2.23. The van der Waals surface area contributed by atoms with Gasteiger partial charge in [-0.15, -0.1) is 0 Å². The van der Waals surface area contributed by atoms with Crippen molar-refractivity contribution in [3.63, 3.8) is 0 Å². The molecular weight excluding hydrogens is 276 g/mol. The van der Waals surface area contributed by atoms with Crippen molar-refractivity contribution < 1.29 is 9.53 Å². The van der Waals surface area contributed by atoms with Crippen molar-refractivity contribution in [1.29, 1.82) is 0 Å². The number of carbonyl (C=O) groups is 1. The zero-order chi connectivity index (χ0) is 14.5. The zero-order valence-corrected chi connectivity index (χ0v) is 12.5. The van der Waals surface area contributed by atoms with Gasteiger partial charge in [-0.25, -0.2) is 0 Å².